The fourth-order valence-electron chi connectivity index (χ4n) is 9.08. The number of nitrogens with two attached hydrogens (primary N) is 2. The molecule has 14 nitrogen and oxygen atoms in total. The number of methoxy groups -OCH3 is 1. The van der Waals surface area contributed by atoms with Crippen molar-refractivity contribution in [1.82, 2.24) is 25.0 Å². The number of primary amides is 1. The summed E-state index contributed by atoms with van der Waals surface area (Å²) in [5.74, 6) is -4.29. The molecular weight excluding hydrogens is 806 g/mol. The number of nitrogen functional groups attached to an aromatic ring is 1. The zero-order valence-corrected chi connectivity index (χ0v) is 34.7. The SMILES string of the molecule is CC(C)C[C@H]1C(=O)N2CCC[C@H]2[C@]2(O)O[C@](NC(=O)[C@@H]3C=C4c5cccc6[nH]c(Br)c(c56)C[C@H]4N(C)C3)(C(C)C)C(=O)N12.COc1cc(N)c(Cl)cc1C(N)=O. The number of anilines is 1. The van der Waals surface area contributed by atoms with Gasteiger partial charge in [-0.1, -0.05) is 57.5 Å². The first kappa shape index (κ1) is 40.1. The van der Waals surface area contributed by atoms with Gasteiger partial charge in [0.05, 0.1) is 33.9 Å². The normalized spacial score (nSPS) is 28.2. The van der Waals surface area contributed by atoms with Crippen molar-refractivity contribution in [3.63, 3.8) is 0 Å². The van der Waals surface area contributed by atoms with Gasteiger partial charge in [-0.05, 0) is 83.4 Å². The number of aromatic nitrogens is 1. The Labute approximate surface area is 339 Å². The first-order valence-electron chi connectivity index (χ1n) is 19.0. The van der Waals surface area contributed by atoms with Gasteiger partial charge in [0.1, 0.15) is 17.8 Å². The van der Waals surface area contributed by atoms with Gasteiger partial charge < -0.3 is 36.5 Å². The molecular formula is C40H49BrClN7O7. The van der Waals surface area contributed by atoms with Crippen LogP contribution in [0.25, 0.3) is 16.5 Å². The molecule has 0 unspecified atom stereocenters. The Morgan fingerprint density at radius 3 is 2.61 bits per heavy atom. The molecule has 3 aromatic rings. The molecule has 0 saturated carbocycles. The maximum Gasteiger partial charge on any atom is 0.281 e. The summed E-state index contributed by atoms with van der Waals surface area (Å²) in [6, 6.07) is 7.61. The molecule has 1 aromatic heterocycles. The number of aromatic amines is 1. The molecule has 4 aliphatic heterocycles. The van der Waals surface area contributed by atoms with Gasteiger partial charge in [-0.15, -0.1) is 0 Å². The Bertz CT molecular complexity index is 2160. The molecule has 1 aliphatic carbocycles. The van der Waals surface area contributed by atoms with Gasteiger partial charge in [0, 0.05) is 42.0 Å². The zero-order valence-electron chi connectivity index (χ0n) is 32.3. The van der Waals surface area contributed by atoms with E-state index in [1.165, 1.54) is 35.1 Å². The van der Waals surface area contributed by atoms with E-state index in [0.717, 1.165) is 34.1 Å². The molecule has 0 radical (unpaired) electrons. The fraction of sp³-hybridized carbons (Fsp3) is 0.500. The summed E-state index contributed by atoms with van der Waals surface area (Å²) in [6.07, 6.45) is 4.49. The topological polar surface area (TPSA) is 197 Å². The monoisotopic (exact) mass is 853 g/mol. The molecule has 0 bridgehead atoms. The van der Waals surface area contributed by atoms with E-state index >= 15 is 0 Å². The highest BCUT2D eigenvalue weighted by Gasteiger charge is 2.72. The molecule has 16 heteroatoms. The average Bonchev–Trinajstić information content (AvgIpc) is 3.83. The van der Waals surface area contributed by atoms with Crippen molar-refractivity contribution in [2.75, 3.05) is 33.0 Å². The number of hydrogen-bond acceptors (Lipinski definition) is 9. The van der Waals surface area contributed by atoms with Crippen molar-refractivity contribution in [3.8, 4) is 5.75 Å². The van der Waals surface area contributed by atoms with Crippen LogP contribution < -0.4 is 21.5 Å². The lowest BCUT2D eigenvalue weighted by Crippen LogP contribution is -2.71. The Morgan fingerprint density at radius 2 is 1.95 bits per heavy atom. The van der Waals surface area contributed by atoms with Crippen LogP contribution in [-0.2, 0) is 25.5 Å². The number of rotatable bonds is 7. The molecule has 8 rings (SSSR count). The number of amides is 4. The number of benzene rings is 2. The van der Waals surface area contributed by atoms with Gasteiger partial charge in [-0.2, -0.15) is 0 Å². The summed E-state index contributed by atoms with van der Waals surface area (Å²) in [5, 5.41) is 16.6. The number of aliphatic hydroxyl groups is 1. The largest absolute Gasteiger partial charge is 0.496 e. The first-order valence-corrected chi connectivity index (χ1v) is 20.1. The van der Waals surface area contributed by atoms with E-state index < -0.39 is 47.4 Å². The number of fused-ring (bicyclic) bond motifs is 5. The third-order valence-corrected chi connectivity index (χ3v) is 12.8. The van der Waals surface area contributed by atoms with Crippen molar-refractivity contribution in [2.24, 2.45) is 23.5 Å². The van der Waals surface area contributed by atoms with Gasteiger partial charge in [0.25, 0.3) is 17.7 Å². The van der Waals surface area contributed by atoms with E-state index in [0.29, 0.717) is 37.4 Å². The molecule has 3 fully saturated rings. The summed E-state index contributed by atoms with van der Waals surface area (Å²) in [7, 11) is 3.45. The second-order valence-corrected chi connectivity index (χ2v) is 17.3. The summed E-state index contributed by atoms with van der Waals surface area (Å²) in [5.41, 5.74) is 13.8. The van der Waals surface area contributed by atoms with Crippen molar-refractivity contribution < 1.29 is 33.8 Å². The minimum atomic E-state index is -2.01. The van der Waals surface area contributed by atoms with E-state index in [1.807, 2.05) is 33.0 Å². The number of nitrogens with one attached hydrogen (secondary N) is 2. The number of halogens is 2. The standard InChI is InChI=1S/C32H40BrN5O5.C8H9ClN2O2/c1-16(2)12-24-29(40)37-11-7-10-25(37)32(42)38(24)30(41)31(43-32,17(3)4)35-28(39)18-13-20-19-8-6-9-22-26(19)21(27(33)34-22)14-23(20)36(5)15-18;1-13-7-3-6(10)5(9)2-4(7)8(11)12/h6,8-9,13,16-18,23-25,34,42H,7,10-12,14-15H2,1-5H3,(H,35,39);2-3H,10H2,1H3,(H2,11,12)/t18-,23-,24+,25+,31-,32+;/m1./s1. The Kier molecular flexibility index (Phi) is 10.5. The smallest absolute Gasteiger partial charge is 0.281 e. The molecule has 4 amide bonds. The second kappa shape index (κ2) is 14.7. The number of carbonyl (C=O) groups is 4. The number of carbonyl (C=O) groups excluding carboxylic acids is 4. The minimum absolute atomic E-state index is 0.104. The van der Waals surface area contributed by atoms with E-state index in [9.17, 15) is 24.3 Å². The third kappa shape index (κ3) is 6.35. The summed E-state index contributed by atoms with van der Waals surface area (Å²) < 4.78 is 12.3. The zero-order chi connectivity index (χ0) is 40.6. The predicted octanol–water partition coefficient (Wildman–Crippen LogP) is 4.22. The molecule has 3 saturated heterocycles. The van der Waals surface area contributed by atoms with Crippen LogP contribution in [0.4, 0.5) is 5.69 Å². The highest BCUT2D eigenvalue weighted by atomic mass is 79.9. The second-order valence-electron chi connectivity index (χ2n) is 16.1. The molecule has 2 aromatic carbocycles. The van der Waals surface area contributed by atoms with Crippen LogP contribution in [0.3, 0.4) is 0 Å². The number of likely N-dealkylation sites (N-methyl/N-ethyl adjacent to an activating group) is 1. The molecule has 300 valence electrons. The fourth-order valence-corrected chi connectivity index (χ4v) is 9.82. The van der Waals surface area contributed by atoms with Crippen LogP contribution in [-0.4, -0.2) is 105 Å². The maximum absolute atomic E-state index is 14.4. The molecule has 56 heavy (non-hydrogen) atoms. The molecule has 5 aliphatic rings. The number of hydrogen-bond donors (Lipinski definition) is 5. The van der Waals surface area contributed by atoms with Gasteiger partial charge in [0.2, 0.25) is 17.5 Å². The summed E-state index contributed by atoms with van der Waals surface area (Å²) in [6.45, 7) is 8.57. The molecule has 7 N–H and O–H groups in total. The van der Waals surface area contributed by atoms with Gasteiger partial charge in [-0.25, -0.2) is 0 Å². The van der Waals surface area contributed by atoms with Crippen LogP contribution in [0.5, 0.6) is 5.75 Å². The summed E-state index contributed by atoms with van der Waals surface area (Å²) >= 11 is 9.40. The first-order chi connectivity index (χ1) is 26.4. The van der Waals surface area contributed by atoms with Gasteiger partial charge in [-0.3, -0.25) is 33.7 Å². The lowest BCUT2D eigenvalue weighted by Gasteiger charge is -2.49. The van der Waals surface area contributed by atoms with Crippen molar-refractivity contribution in [1.29, 1.82) is 0 Å². The average molecular weight is 855 g/mol. The number of H-pyrrole nitrogens is 1. The lowest BCUT2D eigenvalue weighted by atomic mass is 9.79. The number of ether oxygens (including phenoxy) is 2. The van der Waals surface area contributed by atoms with Gasteiger partial charge in [0.15, 0.2) is 0 Å². The highest BCUT2D eigenvalue weighted by Crippen LogP contribution is 2.49. The lowest BCUT2D eigenvalue weighted by molar-refractivity contribution is -0.322. The van der Waals surface area contributed by atoms with Crippen LogP contribution in [0.1, 0.15) is 68.4 Å². The van der Waals surface area contributed by atoms with E-state index in [-0.39, 0.29) is 34.4 Å². The summed E-state index contributed by atoms with van der Waals surface area (Å²) in [4.78, 5) is 61.7. The van der Waals surface area contributed by atoms with Crippen molar-refractivity contribution >= 4 is 73.3 Å². The molecule has 0 spiro atoms. The van der Waals surface area contributed by atoms with E-state index in [1.54, 1.807) is 18.7 Å². The van der Waals surface area contributed by atoms with Crippen LogP contribution in [0.2, 0.25) is 5.02 Å². The predicted molar refractivity (Wildman–Crippen MR) is 215 cm³/mol. The molecule has 5 heterocycles. The van der Waals surface area contributed by atoms with Crippen molar-refractivity contribution in [3.05, 3.63) is 62.7 Å². The minimum Gasteiger partial charge on any atom is -0.496 e. The number of nitrogens with zero attached hydrogens (tertiary/aromatic N) is 3. The van der Waals surface area contributed by atoms with Crippen LogP contribution in [0, 0.1) is 17.8 Å². The quantitative estimate of drug-likeness (QED) is 0.216. The van der Waals surface area contributed by atoms with E-state index in [2.05, 4.69) is 43.3 Å². The number of piperazine rings is 1. The Balaban J connectivity index is 0.000000316. The molecule has 6 atom stereocenters. The van der Waals surface area contributed by atoms with Gasteiger partial charge >= 0.3 is 0 Å². The Morgan fingerprint density at radius 1 is 1.21 bits per heavy atom. The van der Waals surface area contributed by atoms with E-state index in [4.69, 9.17) is 32.5 Å². The highest BCUT2D eigenvalue weighted by molar-refractivity contribution is 9.10. The third-order valence-electron chi connectivity index (χ3n) is 11.8. The van der Waals surface area contributed by atoms with Crippen LogP contribution in [0.15, 0.2) is 41.0 Å². The van der Waals surface area contributed by atoms with Crippen LogP contribution >= 0.6 is 27.5 Å². The Hall–Kier alpha value is -4.15. The maximum atomic E-state index is 14.4. The van der Waals surface area contributed by atoms with Crippen molar-refractivity contribution in [2.45, 2.75) is 83.1 Å².